The zero-order valence-corrected chi connectivity index (χ0v) is 19.8. The summed E-state index contributed by atoms with van der Waals surface area (Å²) < 4.78 is 4.88. The van der Waals surface area contributed by atoms with Gasteiger partial charge in [0.15, 0.2) is 0 Å². The number of hydrogen-bond donors (Lipinski definition) is 0. The molecule has 0 aromatic rings. The highest BCUT2D eigenvalue weighted by molar-refractivity contribution is 5.86. The van der Waals surface area contributed by atoms with E-state index in [1.165, 1.54) is 45.6 Å². The van der Waals surface area contributed by atoms with E-state index in [1.807, 2.05) is 0 Å². The molecule has 0 N–H and O–H groups in total. The van der Waals surface area contributed by atoms with Crippen LogP contribution in [0.2, 0.25) is 0 Å². The van der Waals surface area contributed by atoms with Crippen molar-refractivity contribution in [3.63, 3.8) is 0 Å². The van der Waals surface area contributed by atoms with E-state index in [0.29, 0.717) is 47.2 Å². The molecular weight excluding hydrogens is 372 g/mol. The minimum atomic E-state index is -0.0946. The first-order chi connectivity index (χ1) is 14.3. The summed E-state index contributed by atoms with van der Waals surface area (Å²) >= 11 is 0. The molecule has 0 aromatic carbocycles. The smallest absolute Gasteiger partial charge is 0.305 e. The van der Waals surface area contributed by atoms with E-state index in [2.05, 4.69) is 39.8 Å². The lowest BCUT2D eigenvalue weighted by Crippen LogP contribution is -2.59. The van der Waals surface area contributed by atoms with Gasteiger partial charge in [0.05, 0.1) is 7.11 Å². The number of allylic oxidation sites excluding steroid dienone is 2. The second-order valence-electron chi connectivity index (χ2n) is 11.5. The van der Waals surface area contributed by atoms with Crippen LogP contribution in [-0.2, 0) is 14.3 Å². The van der Waals surface area contributed by atoms with Gasteiger partial charge in [0.1, 0.15) is 5.78 Å². The summed E-state index contributed by atoms with van der Waals surface area (Å²) in [6.07, 6.45) is 14.5. The Balaban J connectivity index is 1.60. The van der Waals surface area contributed by atoms with Crippen molar-refractivity contribution in [2.75, 3.05) is 7.11 Å². The summed E-state index contributed by atoms with van der Waals surface area (Å²) in [6, 6.07) is 0. The average molecular weight is 415 g/mol. The van der Waals surface area contributed by atoms with E-state index in [4.69, 9.17) is 4.74 Å². The number of fused-ring (bicyclic) bond motifs is 5. The van der Waals surface area contributed by atoms with Crippen molar-refractivity contribution in [3.05, 3.63) is 12.2 Å². The van der Waals surface area contributed by atoms with Crippen LogP contribution in [0.5, 0.6) is 0 Å². The molecule has 3 heteroatoms. The Morgan fingerprint density at radius 2 is 1.90 bits per heavy atom. The molecule has 0 aliphatic heterocycles. The van der Waals surface area contributed by atoms with Gasteiger partial charge in [-0.25, -0.2) is 0 Å². The van der Waals surface area contributed by atoms with Gasteiger partial charge >= 0.3 is 5.97 Å². The van der Waals surface area contributed by atoms with Crippen molar-refractivity contribution in [1.29, 1.82) is 0 Å². The van der Waals surface area contributed by atoms with Crippen molar-refractivity contribution in [1.82, 2.24) is 0 Å². The first kappa shape index (κ1) is 22.1. The quantitative estimate of drug-likeness (QED) is 0.396. The summed E-state index contributed by atoms with van der Waals surface area (Å²) in [5.41, 5.74) is 0.544. The average Bonchev–Trinajstić information content (AvgIpc) is 3.09. The molecule has 0 saturated heterocycles. The lowest BCUT2D eigenvalue weighted by atomic mass is 9.43. The summed E-state index contributed by atoms with van der Waals surface area (Å²) in [6.45, 7) is 9.56. The molecule has 0 radical (unpaired) electrons. The van der Waals surface area contributed by atoms with Gasteiger partial charge in [-0.2, -0.15) is 0 Å². The molecule has 3 nitrogen and oxygen atoms in total. The number of ether oxygens (including phenoxy) is 1. The van der Waals surface area contributed by atoms with E-state index in [-0.39, 0.29) is 23.2 Å². The monoisotopic (exact) mass is 414 g/mol. The molecular formula is C27H42O3. The van der Waals surface area contributed by atoms with E-state index in [1.54, 1.807) is 0 Å². The van der Waals surface area contributed by atoms with Crippen molar-refractivity contribution in [3.8, 4) is 0 Å². The third kappa shape index (κ3) is 3.21. The van der Waals surface area contributed by atoms with Crippen molar-refractivity contribution >= 4 is 11.8 Å². The second kappa shape index (κ2) is 8.10. The van der Waals surface area contributed by atoms with E-state index in [0.717, 1.165) is 12.8 Å². The Hall–Kier alpha value is -1.12. The Morgan fingerprint density at radius 1 is 1.17 bits per heavy atom. The maximum atomic E-state index is 13.9. The van der Waals surface area contributed by atoms with Gasteiger partial charge in [-0.1, -0.05) is 39.8 Å². The molecule has 30 heavy (non-hydrogen) atoms. The molecule has 4 rings (SSSR count). The first-order valence-electron chi connectivity index (χ1n) is 12.5. The standard InChI is InChI=1S/C27H42O3/c1-6-18-20-9-7-8-15-26(20,3)22-14-16-27(4)19(17(2)10-13-23(28)30-5)11-12-21(27)24(22)25(18)29/h7,9,17-22,24H,6,8,10-16H2,1-5H3/t17?,18-,19-,20+,21+,22+,24+,26+,27-/m1/s1. The fraction of sp³-hybridized carbons (Fsp3) is 0.852. The van der Waals surface area contributed by atoms with Gasteiger partial charge < -0.3 is 4.74 Å². The highest BCUT2D eigenvalue weighted by atomic mass is 16.5. The molecule has 0 aromatic heterocycles. The minimum Gasteiger partial charge on any atom is -0.469 e. The molecule has 168 valence electrons. The summed E-state index contributed by atoms with van der Waals surface area (Å²) in [4.78, 5) is 25.6. The SMILES string of the molecule is CC[C@H]1C(=O)[C@@H]2[C@H](CC[C@]3(C)[C@@H](C(C)CCC(=O)OC)CC[C@@H]23)[C@@]2(C)CCC=C[C@@H]12. The van der Waals surface area contributed by atoms with Gasteiger partial charge in [0.2, 0.25) is 0 Å². The molecule has 3 fully saturated rings. The topological polar surface area (TPSA) is 43.4 Å². The van der Waals surface area contributed by atoms with Gasteiger partial charge in [-0.3, -0.25) is 9.59 Å². The van der Waals surface area contributed by atoms with E-state index in [9.17, 15) is 9.59 Å². The lowest BCUT2D eigenvalue weighted by molar-refractivity contribution is -0.160. The minimum absolute atomic E-state index is 0.0946. The fourth-order valence-electron chi connectivity index (χ4n) is 8.83. The third-order valence-corrected chi connectivity index (χ3v) is 10.4. The molecule has 4 aliphatic carbocycles. The number of methoxy groups -OCH3 is 1. The van der Waals surface area contributed by atoms with Crippen molar-refractivity contribution in [2.24, 2.45) is 52.3 Å². The molecule has 0 bridgehead atoms. The predicted octanol–water partition coefficient (Wildman–Crippen LogP) is 6.22. The van der Waals surface area contributed by atoms with Crippen molar-refractivity contribution in [2.45, 2.75) is 85.5 Å². The van der Waals surface area contributed by atoms with Crippen LogP contribution < -0.4 is 0 Å². The third-order valence-electron chi connectivity index (χ3n) is 10.4. The van der Waals surface area contributed by atoms with Crippen LogP contribution in [0.3, 0.4) is 0 Å². The van der Waals surface area contributed by atoms with Crippen LogP contribution in [0.15, 0.2) is 12.2 Å². The number of hydrogen-bond acceptors (Lipinski definition) is 3. The first-order valence-corrected chi connectivity index (χ1v) is 12.5. The molecule has 0 spiro atoms. The maximum Gasteiger partial charge on any atom is 0.305 e. The number of carbonyl (C=O) groups excluding carboxylic acids is 2. The number of ketones is 1. The summed E-state index contributed by atoms with van der Waals surface area (Å²) in [5, 5.41) is 0. The lowest BCUT2D eigenvalue weighted by Gasteiger charge is -2.61. The van der Waals surface area contributed by atoms with Crippen LogP contribution in [-0.4, -0.2) is 18.9 Å². The zero-order chi connectivity index (χ0) is 21.7. The van der Waals surface area contributed by atoms with Crippen molar-refractivity contribution < 1.29 is 14.3 Å². The highest BCUT2D eigenvalue weighted by Crippen LogP contribution is 2.68. The van der Waals surface area contributed by atoms with Gasteiger partial charge in [0, 0.05) is 18.3 Å². The molecule has 0 amide bonds. The number of Topliss-reactive ketones (excluding diaryl/α,β-unsaturated/α-hetero) is 1. The van der Waals surface area contributed by atoms with Crippen LogP contribution in [0.25, 0.3) is 0 Å². The van der Waals surface area contributed by atoms with Gasteiger partial charge in [0.25, 0.3) is 0 Å². The van der Waals surface area contributed by atoms with E-state index < -0.39 is 0 Å². The highest BCUT2D eigenvalue weighted by Gasteiger charge is 2.64. The molecule has 4 aliphatic rings. The molecule has 0 heterocycles. The predicted molar refractivity (Wildman–Crippen MR) is 120 cm³/mol. The Morgan fingerprint density at radius 3 is 2.60 bits per heavy atom. The van der Waals surface area contributed by atoms with Crippen LogP contribution in [0, 0.1) is 52.3 Å². The van der Waals surface area contributed by atoms with Crippen LogP contribution >= 0.6 is 0 Å². The Bertz CT molecular complexity index is 711. The Labute approximate surface area is 183 Å². The number of carbonyl (C=O) groups is 2. The summed E-state index contributed by atoms with van der Waals surface area (Å²) in [7, 11) is 1.48. The Kier molecular flexibility index (Phi) is 5.96. The molecule has 1 unspecified atom stereocenters. The maximum absolute atomic E-state index is 13.9. The molecule has 9 atom stereocenters. The number of esters is 1. The number of rotatable bonds is 5. The normalized spacial score (nSPS) is 46.0. The fourth-order valence-corrected chi connectivity index (χ4v) is 8.83. The van der Waals surface area contributed by atoms with Gasteiger partial charge in [-0.15, -0.1) is 0 Å². The van der Waals surface area contributed by atoms with E-state index >= 15 is 0 Å². The van der Waals surface area contributed by atoms with Gasteiger partial charge in [-0.05, 0) is 91.8 Å². The zero-order valence-electron chi connectivity index (χ0n) is 19.8. The summed E-state index contributed by atoms with van der Waals surface area (Å²) in [5.74, 6) is 3.65. The van der Waals surface area contributed by atoms with Crippen LogP contribution in [0.4, 0.5) is 0 Å². The largest absolute Gasteiger partial charge is 0.469 e. The molecule has 3 saturated carbocycles. The van der Waals surface area contributed by atoms with Crippen LogP contribution in [0.1, 0.15) is 85.5 Å². The second-order valence-corrected chi connectivity index (χ2v) is 11.5.